The van der Waals surface area contributed by atoms with Gasteiger partial charge in [-0.05, 0) is 49.6 Å². The maximum absolute atomic E-state index is 13.5. The molecule has 2 aromatic heterocycles. The van der Waals surface area contributed by atoms with Crippen molar-refractivity contribution in [1.82, 2.24) is 25.4 Å². The third-order valence-corrected chi connectivity index (χ3v) is 5.63. The second-order valence-electron chi connectivity index (χ2n) is 8.11. The van der Waals surface area contributed by atoms with E-state index in [0.29, 0.717) is 47.7 Å². The molecule has 3 aromatic rings. The summed E-state index contributed by atoms with van der Waals surface area (Å²) in [5, 5.41) is 23.4. The van der Waals surface area contributed by atoms with Crippen LogP contribution in [0.5, 0.6) is 0 Å². The quantitative estimate of drug-likeness (QED) is 0.490. The minimum Gasteiger partial charge on any atom is -0.369 e. The van der Waals surface area contributed by atoms with Crippen LogP contribution in [0.4, 0.5) is 10.2 Å². The fraction of sp³-hybridized carbons (Fsp3) is 0.333. The number of halogens is 1. The topological polar surface area (TPSA) is 108 Å². The molecule has 8 nitrogen and oxygen atoms in total. The highest BCUT2D eigenvalue weighted by molar-refractivity contribution is 6.00. The van der Waals surface area contributed by atoms with Crippen LogP contribution in [0.25, 0.3) is 11.3 Å². The zero-order valence-electron chi connectivity index (χ0n) is 18.4. The van der Waals surface area contributed by atoms with E-state index >= 15 is 0 Å². The Hall–Kier alpha value is -3.77. The summed E-state index contributed by atoms with van der Waals surface area (Å²) in [6.07, 6.45) is 6.05. The number of carbonyl (C=O) groups excluding carboxylic acids is 1. The number of nitrogens with zero attached hydrogens (tertiary/aromatic N) is 4. The van der Waals surface area contributed by atoms with Crippen molar-refractivity contribution >= 4 is 11.7 Å². The first-order valence-corrected chi connectivity index (χ1v) is 11.0. The van der Waals surface area contributed by atoms with Gasteiger partial charge in [-0.3, -0.25) is 9.48 Å². The maximum Gasteiger partial charge on any atom is 0.255 e. The van der Waals surface area contributed by atoms with E-state index in [0.717, 1.165) is 24.9 Å². The van der Waals surface area contributed by atoms with Crippen LogP contribution in [0.1, 0.15) is 34.3 Å². The van der Waals surface area contributed by atoms with Gasteiger partial charge in [-0.1, -0.05) is 12.1 Å². The van der Waals surface area contributed by atoms with E-state index in [1.54, 1.807) is 36.3 Å². The number of benzene rings is 1. The van der Waals surface area contributed by atoms with Crippen LogP contribution in [0.3, 0.4) is 0 Å². The molecule has 0 bridgehead atoms. The van der Waals surface area contributed by atoms with Crippen molar-refractivity contribution in [1.29, 1.82) is 5.26 Å². The van der Waals surface area contributed by atoms with E-state index in [-0.39, 0.29) is 17.8 Å². The van der Waals surface area contributed by atoms with E-state index in [4.69, 9.17) is 0 Å². The van der Waals surface area contributed by atoms with Crippen LogP contribution < -0.4 is 16.0 Å². The van der Waals surface area contributed by atoms with Crippen molar-refractivity contribution in [2.45, 2.75) is 25.3 Å². The molecule has 9 heteroatoms. The molecule has 0 radical (unpaired) electrons. The van der Waals surface area contributed by atoms with Crippen LogP contribution in [-0.4, -0.2) is 46.3 Å². The van der Waals surface area contributed by atoms with E-state index < -0.39 is 0 Å². The fourth-order valence-electron chi connectivity index (χ4n) is 3.93. The van der Waals surface area contributed by atoms with Gasteiger partial charge in [0.15, 0.2) is 0 Å². The Bertz CT molecular complexity index is 1180. The van der Waals surface area contributed by atoms with Crippen LogP contribution in [0.2, 0.25) is 0 Å². The average Bonchev–Trinajstić information content (AvgIpc) is 3.49. The number of pyridine rings is 1. The summed E-state index contributed by atoms with van der Waals surface area (Å²) < 4.78 is 15.1. The fourth-order valence-corrected chi connectivity index (χ4v) is 3.93. The Morgan fingerprint density at radius 1 is 1.39 bits per heavy atom. The number of hydrogen-bond donors (Lipinski definition) is 3. The zero-order valence-corrected chi connectivity index (χ0v) is 18.4. The third kappa shape index (κ3) is 5.54. The number of aromatic nitrogens is 3. The minimum absolute atomic E-state index is 0.247. The van der Waals surface area contributed by atoms with Crippen molar-refractivity contribution in [2.75, 3.05) is 25.0 Å². The van der Waals surface area contributed by atoms with Crippen LogP contribution >= 0.6 is 0 Å². The van der Waals surface area contributed by atoms with Gasteiger partial charge in [-0.15, -0.1) is 0 Å². The molecule has 1 amide bonds. The predicted octanol–water partition coefficient (Wildman–Crippen LogP) is 2.63. The summed E-state index contributed by atoms with van der Waals surface area (Å²) >= 11 is 0. The van der Waals surface area contributed by atoms with Gasteiger partial charge in [0.25, 0.3) is 5.91 Å². The van der Waals surface area contributed by atoms with Crippen molar-refractivity contribution in [3.8, 4) is 17.3 Å². The largest absolute Gasteiger partial charge is 0.369 e. The number of amides is 1. The first kappa shape index (κ1) is 22.4. The lowest BCUT2D eigenvalue weighted by atomic mass is 10.1. The number of rotatable bonds is 8. The minimum atomic E-state index is -0.293. The van der Waals surface area contributed by atoms with Crippen molar-refractivity contribution in [3.63, 3.8) is 0 Å². The molecule has 1 aliphatic heterocycles. The number of nitriles is 1. The molecule has 1 saturated heterocycles. The van der Waals surface area contributed by atoms with Crippen LogP contribution in [-0.2, 0) is 13.5 Å². The summed E-state index contributed by atoms with van der Waals surface area (Å²) in [5.74, 6) is -0.205. The van der Waals surface area contributed by atoms with Gasteiger partial charge < -0.3 is 16.0 Å². The van der Waals surface area contributed by atoms with Gasteiger partial charge in [0.1, 0.15) is 17.7 Å². The Kier molecular flexibility index (Phi) is 6.95. The van der Waals surface area contributed by atoms with Crippen molar-refractivity contribution in [3.05, 3.63) is 65.2 Å². The lowest BCUT2D eigenvalue weighted by molar-refractivity contribution is 0.0951. The molecule has 1 aliphatic rings. The third-order valence-electron chi connectivity index (χ3n) is 5.63. The Morgan fingerprint density at radius 3 is 2.97 bits per heavy atom. The first-order chi connectivity index (χ1) is 16.0. The smallest absolute Gasteiger partial charge is 0.255 e. The van der Waals surface area contributed by atoms with E-state index in [9.17, 15) is 14.4 Å². The highest BCUT2D eigenvalue weighted by Gasteiger charge is 2.21. The van der Waals surface area contributed by atoms with E-state index in [2.05, 4.69) is 32.1 Å². The summed E-state index contributed by atoms with van der Waals surface area (Å²) in [5.41, 5.74) is 2.57. The standard InChI is InChI=1S/C24H26FN7O/c1-32-15-18(13-30-32)22-17(12-26)11-21(24(33)29-14-20-6-3-8-27-20)23(31-22)28-9-7-16-4-2-5-19(25)10-16/h2,4-5,10-11,13,15,20,27H,3,6-9,14H2,1H3,(H,28,31)(H,29,33)/t20-/m1/s1. The summed E-state index contributed by atoms with van der Waals surface area (Å²) in [4.78, 5) is 17.7. The van der Waals surface area contributed by atoms with Crippen LogP contribution in [0, 0.1) is 17.1 Å². The molecule has 3 heterocycles. The molecule has 4 rings (SSSR count). The monoisotopic (exact) mass is 447 g/mol. The lowest BCUT2D eigenvalue weighted by Gasteiger charge is -2.16. The summed E-state index contributed by atoms with van der Waals surface area (Å²) in [6.45, 7) is 1.90. The molecule has 1 aromatic carbocycles. The molecular weight excluding hydrogens is 421 g/mol. The molecule has 3 N–H and O–H groups in total. The number of carbonyl (C=O) groups is 1. The molecule has 0 spiro atoms. The number of nitrogens with one attached hydrogen (secondary N) is 3. The number of anilines is 1. The molecule has 33 heavy (non-hydrogen) atoms. The van der Waals surface area contributed by atoms with Crippen molar-refractivity contribution < 1.29 is 9.18 Å². The lowest BCUT2D eigenvalue weighted by Crippen LogP contribution is -2.37. The normalized spacial score (nSPS) is 15.2. The van der Waals surface area contributed by atoms with Gasteiger partial charge >= 0.3 is 0 Å². The predicted molar refractivity (Wildman–Crippen MR) is 123 cm³/mol. The molecule has 1 fully saturated rings. The van der Waals surface area contributed by atoms with Crippen molar-refractivity contribution in [2.24, 2.45) is 7.05 Å². The zero-order chi connectivity index (χ0) is 23.2. The number of hydrogen-bond acceptors (Lipinski definition) is 6. The molecule has 0 saturated carbocycles. The Balaban J connectivity index is 1.59. The van der Waals surface area contributed by atoms with E-state index in [1.807, 2.05) is 6.07 Å². The highest BCUT2D eigenvalue weighted by Crippen LogP contribution is 2.26. The molecule has 170 valence electrons. The van der Waals surface area contributed by atoms with Gasteiger partial charge in [0, 0.05) is 37.9 Å². The van der Waals surface area contributed by atoms with E-state index in [1.165, 1.54) is 12.1 Å². The summed E-state index contributed by atoms with van der Waals surface area (Å²) in [6, 6.07) is 10.4. The first-order valence-electron chi connectivity index (χ1n) is 11.0. The maximum atomic E-state index is 13.5. The Morgan fingerprint density at radius 2 is 2.27 bits per heavy atom. The molecule has 0 unspecified atom stereocenters. The van der Waals surface area contributed by atoms with Crippen LogP contribution in [0.15, 0.2) is 42.7 Å². The van der Waals surface area contributed by atoms with Gasteiger partial charge in [-0.2, -0.15) is 10.4 Å². The van der Waals surface area contributed by atoms with Gasteiger partial charge in [0.05, 0.1) is 23.0 Å². The SMILES string of the molecule is Cn1cc(-c2nc(NCCc3cccc(F)c3)c(C(=O)NC[C@H]3CCCN3)cc2C#N)cn1. The average molecular weight is 448 g/mol. The molecule has 0 aliphatic carbocycles. The summed E-state index contributed by atoms with van der Waals surface area (Å²) in [7, 11) is 1.78. The van der Waals surface area contributed by atoms with Gasteiger partial charge in [0.2, 0.25) is 0 Å². The molecular formula is C24H26FN7O. The Labute approximate surface area is 191 Å². The van der Waals surface area contributed by atoms with Gasteiger partial charge in [-0.25, -0.2) is 9.37 Å². The highest BCUT2D eigenvalue weighted by atomic mass is 19.1. The molecule has 1 atom stereocenters. The number of aryl methyl sites for hydroxylation is 1. The second-order valence-corrected chi connectivity index (χ2v) is 8.11. The second kappa shape index (κ2) is 10.2.